The van der Waals surface area contributed by atoms with E-state index in [0.717, 1.165) is 10.6 Å². The van der Waals surface area contributed by atoms with Gasteiger partial charge in [0.25, 0.3) is 0 Å². The molecule has 1 aromatic rings. The zero-order valence-corrected chi connectivity index (χ0v) is 17.3. The number of sulfone groups is 1. The van der Waals surface area contributed by atoms with Crippen LogP contribution in [0.25, 0.3) is 0 Å². The minimum atomic E-state index is -4.62. The molecule has 0 N–H and O–H groups in total. The van der Waals surface area contributed by atoms with Gasteiger partial charge in [0.05, 0.1) is 15.2 Å². The van der Waals surface area contributed by atoms with E-state index in [1.54, 1.807) is 32.0 Å². The molecule has 2 aliphatic rings. The third kappa shape index (κ3) is 3.36. The number of nitrogens with zero attached hydrogens (tertiary/aromatic N) is 2. The van der Waals surface area contributed by atoms with E-state index in [4.69, 9.17) is 11.6 Å². The molecular weight excluding hydrogens is 417 g/mol. The fourth-order valence-electron chi connectivity index (χ4n) is 3.69. The first-order valence-corrected chi connectivity index (χ1v) is 10.8. The minimum absolute atomic E-state index is 0.0533. The van der Waals surface area contributed by atoms with E-state index < -0.39 is 38.6 Å². The van der Waals surface area contributed by atoms with Crippen molar-refractivity contribution in [3.05, 3.63) is 23.2 Å². The molecule has 2 fully saturated rings. The van der Waals surface area contributed by atoms with Crippen molar-refractivity contribution < 1.29 is 26.4 Å². The predicted molar refractivity (Wildman–Crippen MR) is 100 cm³/mol. The largest absolute Gasteiger partial charge is 0.403 e. The smallest absolute Gasteiger partial charge is 0.378 e. The van der Waals surface area contributed by atoms with E-state index in [1.165, 1.54) is 12.1 Å². The Balaban J connectivity index is 1.85. The van der Waals surface area contributed by atoms with Crippen LogP contribution in [-0.2, 0) is 14.6 Å². The summed E-state index contributed by atoms with van der Waals surface area (Å²) in [6.45, 7) is 1.32. The maximum Gasteiger partial charge on any atom is 0.403 e. The van der Waals surface area contributed by atoms with Crippen LogP contribution in [0.4, 0.5) is 18.9 Å². The second-order valence-corrected chi connectivity index (χ2v) is 10.4. The molecular formula is C18H22ClF3N2O3S. The molecule has 1 amide bonds. The molecule has 0 aromatic heterocycles. The number of alkyl halides is 3. The number of amides is 1. The molecule has 1 saturated carbocycles. The molecule has 1 unspecified atom stereocenters. The lowest BCUT2D eigenvalue weighted by Gasteiger charge is -2.28. The van der Waals surface area contributed by atoms with Crippen LogP contribution in [0.15, 0.2) is 23.1 Å². The van der Waals surface area contributed by atoms with Crippen molar-refractivity contribution in [2.45, 2.75) is 48.5 Å². The van der Waals surface area contributed by atoms with Gasteiger partial charge in [-0.05, 0) is 44.4 Å². The van der Waals surface area contributed by atoms with E-state index in [9.17, 15) is 26.4 Å². The molecule has 1 saturated heterocycles. The number of rotatable bonds is 4. The Hall–Kier alpha value is -1.48. The number of hydrogen-bond donors (Lipinski definition) is 0. The Morgan fingerprint density at radius 1 is 1.29 bits per heavy atom. The molecule has 0 bridgehead atoms. The molecule has 5 nitrogen and oxygen atoms in total. The molecule has 2 atom stereocenters. The van der Waals surface area contributed by atoms with Crippen LogP contribution < -0.4 is 4.90 Å². The highest BCUT2D eigenvalue weighted by Gasteiger charge is 2.70. The summed E-state index contributed by atoms with van der Waals surface area (Å²) in [5.41, 5.74) is -1.62. The van der Waals surface area contributed by atoms with Gasteiger partial charge in [0.1, 0.15) is 5.41 Å². The lowest BCUT2D eigenvalue weighted by molar-refractivity contribution is -0.198. The number of carbonyl (C=O) groups is 1. The van der Waals surface area contributed by atoms with Gasteiger partial charge in [0.15, 0.2) is 9.84 Å². The van der Waals surface area contributed by atoms with Crippen LogP contribution in [0.2, 0.25) is 5.02 Å². The van der Waals surface area contributed by atoms with Gasteiger partial charge < -0.3 is 9.80 Å². The molecule has 156 valence electrons. The highest BCUT2D eigenvalue weighted by atomic mass is 35.5. The first-order valence-electron chi connectivity index (χ1n) is 8.90. The van der Waals surface area contributed by atoms with Crippen molar-refractivity contribution in [2.24, 2.45) is 5.41 Å². The fourth-order valence-corrected chi connectivity index (χ4v) is 6.02. The monoisotopic (exact) mass is 438 g/mol. The average molecular weight is 439 g/mol. The zero-order valence-electron chi connectivity index (χ0n) is 15.8. The Morgan fingerprint density at radius 2 is 1.89 bits per heavy atom. The molecule has 0 radical (unpaired) electrons. The van der Waals surface area contributed by atoms with Crippen LogP contribution in [0, 0.1) is 5.41 Å². The van der Waals surface area contributed by atoms with Crippen LogP contribution in [0.1, 0.15) is 26.2 Å². The lowest BCUT2D eigenvalue weighted by Crippen LogP contribution is -2.46. The van der Waals surface area contributed by atoms with E-state index in [0.29, 0.717) is 0 Å². The Kier molecular flexibility index (Phi) is 5.15. The fraction of sp³-hybridized carbons (Fsp3) is 0.611. The van der Waals surface area contributed by atoms with Gasteiger partial charge in [-0.25, -0.2) is 8.42 Å². The highest BCUT2D eigenvalue weighted by Crippen LogP contribution is 2.59. The van der Waals surface area contributed by atoms with Crippen molar-refractivity contribution in [1.82, 2.24) is 4.90 Å². The molecule has 10 heteroatoms. The van der Waals surface area contributed by atoms with Gasteiger partial charge in [0, 0.05) is 32.4 Å². The van der Waals surface area contributed by atoms with Crippen molar-refractivity contribution >= 4 is 33.0 Å². The van der Waals surface area contributed by atoms with E-state index in [-0.39, 0.29) is 35.7 Å². The Bertz CT molecular complexity index is 898. The summed E-state index contributed by atoms with van der Waals surface area (Å²) in [7, 11) is -0.321. The second kappa shape index (κ2) is 6.79. The third-order valence-electron chi connectivity index (χ3n) is 5.68. The number of hydrogen-bond acceptors (Lipinski definition) is 4. The summed E-state index contributed by atoms with van der Waals surface area (Å²) in [4.78, 5) is 15.3. The van der Waals surface area contributed by atoms with Crippen LogP contribution in [0.5, 0.6) is 0 Å². The molecule has 0 spiro atoms. The standard InChI is InChI=1S/C18H22ClF3N2O3S/c1-11-8-13(10-24(11)16(25)17(6-7-17)18(20,21)22)28(26,27)15-5-4-12(23(2)3)9-14(15)19/h4-5,9,11,13H,6-8,10H2,1-3H3/t11-,13?/m1/s1. The van der Waals surface area contributed by atoms with E-state index in [2.05, 4.69) is 0 Å². The summed E-state index contributed by atoms with van der Waals surface area (Å²) in [6.07, 6.45) is -5.03. The van der Waals surface area contributed by atoms with E-state index >= 15 is 0 Å². The van der Waals surface area contributed by atoms with Crippen molar-refractivity contribution in [3.63, 3.8) is 0 Å². The first-order chi connectivity index (χ1) is 12.8. The molecule has 1 aromatic carbocycles. The van der Waals surface area contributed by atoms with Gasteiger partial charge in [-0.1, -0.05) is 11.6 Å². The number of halogens is 4. The summed E-state index contributed by atoms with van der Waals surface area (Å²) >= 11 is 6.18. The molecule has 1 aliphatic heterocycles. The zero-order chi connectivity index (χ0) is 21.1. The summed E-state index contributed by atoms with van der Waals surface area (Å²) in [5, 5.41) is -0.934. The highest BCUT2D eigenvalue weighted by molar-refractivity contribution is 7.92. The quantitative estimate of drug-likeness (QED) is 0.721. The van der Waals surface area contributed by atoms with Gasteiger partial charge in [-0.15, -0.1) is 0 Å². The van der Waals surface area contributed by atoms with Gasteiger partial charge in [-0.2, -0.15) is 13.2 Å². The van der Waals surface area contributed by atoms with Crippen LogP contribution >= 0.6 is 11.6 Å². The van der Waals surface area contributed by atoms with Crippen LogP contribution in [0.3, 0.4) is 0 Å². The number of carbonyl (C=O) groups excluding carboxylic acids is 1. The normalized spacial score (nSPS) is 24.3. The predicted octanol–water partition coefficient (Wildman–Crippen LogP) is 3.51. The molecule has 1 aliphatic carbocycles. The SMILES string of the molecule is C[C@@H]1CC(S(=O)(=O)c2ccc(N(C)C)cc2Cl)CN1C(=O)C1(C(F)(F)F)CC1. The number of benzene rings is 1. The maximum atomic E-state index is 13.3. The van der Waals surface area contributed by atoms with Gasteiger partial charge in [-0.3, -0.25) is 4.79 Å². The number of likely N-dealkylation sites (tertiary alicyclic amines) is 1. The van der Waals surface area contributed by atoms with Crippen LogP contribution in [-0.4, -0.2) is 57.3 Å². The first kappa shape index (κ1) is 21.2. The molecule has 3 rings (SSSR count). The second-order valence-electron chi connectivity index (χ2n) is 7.80. The number of anilines is 1. The van der Waals surface area contributed by atoms with Crippen molar-refractivity contribution in [3.8, 4) is 0 Å². The molecule has 28 heavy (non-hydrogen) atoms. The summed E-state index contributed by atoms with van der Waals surface area (Å²) in [6, 6.07) is 3.95. The third-order valence-corrected chi connectivity index (χ3v) is 8.29. The Morgan fingerprint density at radius 3 is 2.36 bits per heavy atom. The lowest BCUT2D eigenvalue weighted by atomic mass is 10.0. The van der Waals surface area contributed by atoms with E-state index in [1.807, 2.05) is 0 Å². The summed E-state index contributed by atoms with van der Waals surface area (Å²) < 4.78 is 66.0. The maximum absolute atomic E-state index is 13.3. The molecule has 1 heterocycles. The van der Waals surface area contributed by atoms with Crippen molar-refractivity contribution in [2.75, 3.05) is 25.5 Å². The topological polar surface area (TPSA) is 57.7 Å². The van der Waals surface area contributed by atoms with Gasteiger partial charge in [0.2, 0.25) is 5.91 Å². The van der Waals surface area contributed by atoms with Gasteiger partial charge >= 0.3 is 6.18 Å². The summed E-state index contributed by atoms with van der Waals surface area (Å²) in [5.74, 6) is -1.01. The Labute approximate surface area is 167 Å². The average Bonchev–Trinajstić information content (AvgIpc) is 3.31. The van der Waals surface area contributed by atoms with Crippen molar-refractivity contribution in [1.29, 1.82) is 0 Å². The minimum Gasteiger partial charge on any atom is -0.378 e.